The molecule has 108 valence electrons. The van der Waals surface area contributed by atoms with Gasteiger partial charge in [-0.3, -0.25) is 4.79 Å². The highest BCUT2D eigenvalue weighted by Crippen LogP contribution is 2.39. The molecule has 0 unspecified atom stereocenters. The van der Waals surface area contributed by atoms with Crippen LogP contribution in [0.15, 0.2) is 29.6 Å². The number of carbonyl (C=O) groups excluding carboxylic acids is 1. The van der Waals surface area contributed by atoms with Crippen molar-refractivity contribution in [2.24, 2.45) is 0 Å². The predicted molar refractivity (Wildman–Crippen MR) is 70.8 cm³/mol. The van der Waals surface area contributed by atoms with Crippen molar-refractivity contribution in [2.45, 2.75) is 13.1 Å². The van der Waals surface area contributed by atoms with E-state index >= 15 is 0 Å². The molecule has 7 heteroatoms. The molecule has 0 fully saturated rings. The van der Waals surface area contributed by atoms with Gasteiger partial charge in [0, 0.05) is 18.1 Å². The topological polar surface area (TPSA) is 50.1 Å². The van der Waals surface area contributed by atoms with Crippen molar-refractivity contribution in [3.8, 4) is 22.9 Å². The van der Waals surface area contributed by atoms with Crippen LogP contribution in [0.25, 0.3) is 11.1 Å². The normalized spacial score (nSPS) is 11.0. The summed E-state index contributed by atoms with van der Waals surface area (Å²) in [4.78, 5) is 11.3. The van der Waals surface area contributed by atoms with Crippen molar-refractivity contribution in [3.63, 3.8) is 0 Å². The number of esters is 1. The first-order valence-electron chi connectivity index (χ1n) is 5.70. The van der Waals surface area contributed by atoms with E-state index in [1.165, 1.54) is 6.07 Å². The standard InChI is InChI=1S/C14H8F3NO2S/c1-8(19)20-12-3-2-9(14(15,16)17)6-11(12)10-4-5-21-13(10)7-18/h2-6H,1H3. The van der Waals surface area contributed by atoms with Crippen molar-refractivity contribution in [3.05, 3.63) is 40.1 Å². The van der Waals surface area contributed by atoms with E-state index < -0.39 is 17.7 Å². The smallest absolute Gasteiger partial charge is 0.416 e. The molecule has 21 heavy (non-hydrogen) atoms. The maximum Gasteiger partial charge on any atom is 0.416 e. The number of halogens is 3. The molecule has 0 aliphatic rings. The van der Waals surface area contributed by atoms with E-state index in [-0.39, 0.29) is 16.2 Å². The van der Waals surface area contributed by atoms with Crippen LogP contribution in [-0.4, -0.2) is 5.97 Å². The highest BCUT2D eigenvalue weighted by atomic mass is 32.1. The molecule has 0 aliphatic heterocycles. The zero-order chi connectivity index (χ0) is 15.6. The second-order valence-electron chi connectivity index (χ2n) is 4.08. The Morgan fingerprint density at radius 1 is 1.29 bits per heavy atom. The van der Waals surface area contributed by atoms with E-state index in [9.17, 15) is 18.0 Å². The Morgan fingerprint density at radius 3 is 2.57 bits per heavy atom. The lowest BCUT2D eigenvalue weighted by molar-refractivity contribution is -0.137. The largest absolute Gasteiger partial charge is 0.426 e. The van der Waals surface area contributed by atoms with Crippen LogP contribution >= 0.6 is 11.3 Å². The SMILES string of the molecule is CC(=O)Oc1ccc(C(F)(F)F)cc1-c1ccsc1C#N. The molecule has 0 radical (unpaired) electrons. The van der Waals surface area contributed by atoms with E-state index in [0.29, 0.717) is 5.56 Å². The van der Waals surface area contributed by atoms with Crippen LogP contribution < -0.4 is 4.74 Å². The Kier molecular flexibility index (Phi) is 4.00. The number of nitrogens with zero attached hydrogens (tertiary/aromatic N) is 1. The Balaban J connectivity index is 2.64. The lowest BCUT2D eigenvalue weighted by Crippen LogP contribution is -2.07. The fourth-order valence-electron chi connectivity index (χ4n) is 1.77. The number of carbonyl (C=O) groups is 1. The second-order valence-corrected chi connectivity index (χ2v) is 4.99. The molecule has 3 nitrogen and oxygen atoms in total. The quantitative estimate of drug-likeness (QED) is 0.616. The number of ether oxygens (including phenoxy) is 1. The average molecular weight is 311 g/mol. The summed E-state index contributed by atoms with van der Waals surface area (Å²) in [7, 11) is 0. The minimum Gasteiger partial charge on any atom is -0.426 e. The summed E-state index contributed by atoms with van der Waals surface area (Å²) in [5.41, 5.74) is -0.494. The van der Waals surface area contributed by atoms with Gasteiger partial charge in [0.2, 0.25) is 0 Å². The molecule has 0 atom stereocenters. The monoisotopic (exact) mass is 311 g/mol. The first-order valence-corrected chi connectivity index (χ1v) is 6.58. The van der Waals surface area contributed by atoms with Crippen molar-refractivity contribution in [2.75, 3.05) is 0 Å². The third-order valence-electron chi connectivity index (χ3n) is 2.62. The number of hydrogen-bond acceptors (Lipinski definition) is 4. The Labute approximate surface area is 122 Å². The van der Waals surface area contributed by atoms with Gasteiger partial charge in [-0.05, 0) is 29.6 Å². The van der Waals surface area contributed by atoms with E-state index in [4.69, 9.17) is 10.00 Å². The predicted octanol–water partition coefficient (Wildman–Crippen LogP) is 4.23. The molecule has 1 aromatic heterocycles. The van der Waals surface area contributed by atoms with Gasteiger partial charge in [0.1, 0.15) is 16.7 Å². The summed E-state index contributed by atoms with van der Waals surface area (Å²) in [6.45, 7) is 1.15. The minimum absolute atomic E-state index is 0.00889. The molecule has 0 saturated carbocycles. The molecule has 0 N–H and O–H groups in total. The van der Waals surface area contributed by atoms with Gasteiger partial charge in [0.05, 0.1) is 5.56 Å². The molecule has 2 rings (SSSR count). The zero-order valence-electron chi connectivity index (χ0n) is 10.7. The number of nitriles is 1. The summed E-state index contributed by atoms with van der Waals surface area (Å²) in [6.07, 6.45) is -4.52. The number of rotatable bonds is 2. The zero-order valence-corrected chi connectivity index (χ0v) is 11.5. The fourth-order valence-corrected chi connectivity index (χ4v) is 2.47. The van der Waals surface area contributed by atoms with E-state index in [1.807, 2.05) is 6.07 Å². The van der Waals surface area contributed by atoms with Gasteiger partial charge in [0.25, 0.3) is 0 Å². The first-order chi connectivity index (χ1) is 9.82. The Hall–Kier alpha value is -2.33. The maximum absolute atomic E-state index is 12.8. The highest BCUT2D eigenvalue weighted by molar-refractivity contribution is 7.11. The van der Waals surface area contributed by atoms with E-state index in [1.54, 1.807) is 5.38 Å². The fraction of sp³-hybridized carbons (Fsp3) is 0.143. The summed E-state index contributed by atoms with van der Waals surface area (Å²) < 4.78 is 43.4. The average Bonchev–Trinajstić information content (AvgIpc) is 2.85. The molecule has 0 bridgehead atoms. The van der Waals surface area contributed by atoms with Crippen LogP contribution in [0.4, 0.5) is 13.2 Å². The molecule has 0 amide bonds. The van der Waals surface area contributed by atoms with Gasteiger partial charge in [-0.15, -0.1) is 11.3 Å². The molecule has 0 saturated heterocycles. The van der Waals surface area contributed by atoms with Crippen LogP contribution in [0.2, 0.25) is 0 Å². The summed E-state index contributed by atoms with van der Waals surface area (Å²) >= 11 is 1.10. The van der Waals surface area contributed by atoms with E-state index in [0.717, 1.165) is 36.5 Å². The van der Waals surface area contributed by atoms with Crippen molar-refractivity contribution in [1.82, 2.24) is 0 Å². The Bertz CT molecular complexity index is 729. The van der Waals surface area contributed by atoms with Crippen molar-refractivity contribution >= 4 is 17.3 Å². The van der Waals surface area contributed by atoms with Crippen LogP contribution in [-0.2, 0) is 11.0 Å². The van der Waals surface area contributed by atoms with Crippen LogP contribution in [0, 0.1) is 11.3 Å². The van der Waals surface area contributed by atoms with Gasteiger partial charge in [-0.1, -0.05) is 0 Å². The van der Waals surface area contributed by atoms with Crippen molar-refractivity contribution < 1.29 is 22.7 Å². The molecule has 1 aromatic carbocycles. The second kappa shape index (κ2) is 5.58. The third-order valence-corrected chi connectivity index (χ3v) is 3.44. The third kappa shape index (κ3) is 3.23. The van der Waals surface area contributed by atoms with Gasteiger partial charge in [-0.25, -0.2) is 0 Å². The number of alkyl halides is 3. The molecule has 2 aromatic rings. The van der Waals surface area contributed by atoms with Crippen LogP contribution in [0.5, 0.6) is 5.75 Å². The maximum atomic E-state index is 12.8. The van der Waals surface area contributed by atoms with E-state index in [2.05, 4.69) is 0 Å². The molecular weight excluding hydrogens is 303 g/mol. The molecule has 0 spiro atoms. The molecule has 1 heterocycles. The number of hydrogen-bond donors (Lipinski definition) is 0. The number of thiophene rings is 1. The van der Waals surface area contributed by atoms with Crippen LogP contribution in [0.3, 0.4) is 0 Å². The van der Waals surface area contributed by atoms with Crippen LogP contribution in [0.1, 0.15) is 17.4 Å². The van der Waals surface area contributed by atoms with Gasteiger partial charge < -0.3 is 4.74 Å². The highest BCUT2D eigenvalue weighted by Gasteiger charge is 2.31. The van der Waals surface area contributed by atoms with Gasteiger partial charge >= 0.3 is 12.1 Å². The first kappa shape index (κ1) is 15.1. The molecule has 0 aliphatic carbocycles. The number of benzene rings is 1. The van der Waals surface area contributed by atoms with Gasteiger partial charge in [0.15, 0.2) is 0 Å². The van der Waals surface area contributed by atoms with Crippen molar-refractivity contribution in [1.29, 1.82) is 5.26 Å². The lowest BCUT2D eigenvalue weighted by Gasteiger charge is -2.12. The summed E-state index contributed by atoms with van der Waals surface area (Å²) in [5, 5.41) is 10.6. The Morgan fingerprint density at radius 2 is 2.00 bits per heavy atom. The molecular formula is C14H8F3NO2S. The summed E-state index contributed by atoms with van der Waals surface area (Å²) in [5.74, 6) is -0.657. The minimum atomic E-state index is -4.52. The van der Waals surface area contributed by atoms with Gasteiger partial charge in [-0.2, -0.15) is 18.4 Å². The summed E-state index contributed by atoms with van der Waals surface area (Å²) in [6, 6.07) is 6.22. The lowest BCUT2D eigenvalue weighted by atomic mass is 10.0.